The SMILES string of the molecule is COc1cccc(CN(C(=O)CCCN(c2ccc(OC)c(Cl)c2)S(C)(=O)=O)[C@@H](Cc2ccccc2)C(=O)NC(C)C)c1. The van der Waals surface area contributed by atoms with Gasteiger partial charge >= 0.3 is 0 Å². The summed E-state index contributed by atoms with van der Waals surface area (Å²) in [5.74, 6) is 0.522. The molecule has 9 nitrogen and oxygen atoms in total. The second-order valence-electron chi connectivity index (χ2n) is 10.5. The molecule has 0 saturated heterocycles. The summed E-state index contributed by atoms with van der Waals surface area (Å²) in [4.78, 5) is 29.1. The van der Waals surface area contributed by atoms with E-state index in [2.05, 4.69) is 5.32 Å². The molecule has 0 aromatic heterocycles. The molecule has 0 fully saturated rings. The molecule has 232 valence electrons. The fourth-order valence-electron chi connectivity index (χ4n) is 4.72. The monoisotopic (exact) mass is 629 g/mol. The van der Waals surface area contributed by atoms with E-state index in [4.69, 9.17) is 21.1 Å². The zero-order chi connectivity index (χ0) is 31.6. The quantitative estimate of drug-likeness (QED) is 0.252. The van der Waals surface area contributed by atoms with Gasteiger partial charge < -0.3 is 19.7 Å². The zero-order valence-corrected chi connectivity index (χ0v) is 26.8. The van der Waals surface area contributed by atoms with Crippen LogP contribution in [0.5, 0.6) is 11.5 Å². The van der Waals surface area contributed by atoms with E-state index in [1.54, 1.807) is 24.1 Å². The van der Waals surface area contributed by atoms with E-state index in [-0.39, 0.29) is 48.8 Å². The average Bonchev–Trinajstić information content (AvgIpc) is 2.96. The molecule has 0 aliphatic carbocycles. The lowest BCUT2D eigenvalue weighted by Crippen LogP contribution is -2.51. The van der Waals surface area contributed by atoms with Crippen LogP contribution in [-0.2, 0) is 32.6 Å². The van der Waals surface area contributed by atoms with Crippen molar-refractivity contribution in [2.45, 2.75) is 51.7 Å². The molecular formula is C32H40ClN3O6S. The van der Waals surface area contributed by atoms with Crippen molar-refractivity contribution < 1.29 is 27.5 Å². The highest BCUT2D eigenvalue weighted by Crippen LogP contribution is 2.30. The van der Waals surface area contributed by atoms with E-state index in [1.165, 1.54) is 17.5 Å². The number of benzene rings is 3. The summed E-state index contributed by atoms with van der Waals surface area (Å²) >= 11 is 6.26. The highest BCUT2D eigenvalue weighted by molar-refractivity contribution is 7.92. The number of anilines is 1. The molecule has 0 radical (unpaired) electrons. The Hall–Kier alpha value is -3.76. The van der Waals surface area contributed by atoms with E-state index in [1.807, 2.05) is 68.4 Å². The summed E-state index contributed by atoms with van der Waals surface area (Å²) in [7, 11) is -0.636. The van der Waals surface area contributed by atoms with Gasteiger partial charge in [-0.05, 0) is 61.7 Å². The Labute approximate surface area is 259 Å². The lowest BCUT2D eigenvalue weighted by Gasteiger charge is -2.32. The second-order valence-corrected chi connectivity index (χ2v) is 12.8. The first-order chi connectivity index (χ1) is 20.4. The van der Waals surface area contributed by atoms with Crippen LogP contribution in [0.4, 0.5) is 5.69 Å². The number of rotatable bonds is 15. The predicted octanol–water partition coefficient (Wildman–Crippen LogP) is 5.07. The van der Waals surface area contributed by atoms with Crippen molar-refractivity contribution in [3.05, 3.63) is 88.9 Å². The Morgan fingerprint density at radius 1 is 0.930 bits per heavy atom. The first-order valence-electron chi connectivity index (χ1n) is 14.0. The molecule has 3 rings (SSSR count). The Morgan fingerprint density at radius 2 is 1.63 bits per heavy atom. The second kappa shape index (κ2) is 15.6. The third-order valence-electron chi connectivity index (χ3n) is 6.76. The van der Waals surface area contributed by atoms with E-state index < -0.39 is 16.1 Å². The molecule has 1 atom stereocenters. The van der Waals surface area contributed by atoms with Crippen LogP contribution in [-0.4, -0.2) is 64.2 Å². The lowest BCUT2D eigenvalue weighted by molar-refractivity contribution is -0.141. The Balaban J connectivity index is 1.90. The number of amides is 2. The third kappa shape index (κ3) is 9.90. The van der Waals surface area contributed by atoms with Gasteiger partial charge in [-0.2, -0.15) is 0 Å². The van der Waals surface area contributed by atoms with Crippen molar-refractivity contribution in [1.82, 2.24) is 10.2 Å². The van der Waals surface area contributed by atoms with Crippen molar-refractivity contribution in [1.29, 1.82) is 0 Å². The maximum absolute atomic E-state index is 13.9. The molecule has 0 bridgehead atoms. The molecular weight excluding hydrogens is 590 g/mol. The molecule has 0 unspecified atom stereocenters. The molecule has 3 aromatic carbocycles. The minimum atomic E-state index is -3.68. The fourth-order valence-corrected chi connectivity index (χ4v) is 5.93. The first-order valence-corrected chi connectivity index (χ1v) is 16.2. The van der Waals surface area contributed by atoms with Gasteiger partial charge in [0.25, 0.3) is 0 Å². The standard InChI is InChI=1S/C32H40ClN3O6S/c1-23(2)34-32(38)29(20-24-11-7-6-8-12-24)35(22-25-13-9-14-27(19-25)41-3)31(37)15-10-18-36(43(5,39)40)26-16-17-30(42-4)28(33)21-26/h6-9,11-14,16-17,19,21,23,29H,10,15,18,20,22H2,1-5H3,(H,34,38)/t29-/m0/s1. The van der Waals surface area contributed by atoms with E-state index in [0.717, 1.165) is 17.4 Å². The summed E-state index contributed by atoms with van der Waals surface area (Å²) in [6, 6.07) is 20.7. The number of hydrogen-bond acceptors (Lipinski definition) is 6. The predicted molar refractivity (Wildman–Crippen MR) is 170 cm³/mol. The zero-order valence-electron chi connectivity index (χ0n) is 25.2. The van der Waals surface area contributed by atoms with Crippen molar-refractivity contribution in [2.75, 3.05) is 31.3 Å². The minimum Gasteiger partial charge on any atom is -0.497 e. The van der Waals surface area contributed by atoms with Crippen molar-refractivity contribution in [3.8, 4) is 11.5 Å². The smallest absolute Gasteiger partial charge is 0.243 e. The molecule has 43 heavy (non-hydrogen) atoms. The van der Waals surface area contributed by atoms with E-state index in [0.29, 0.717) is 23.6 Å². The van der Waals surface area contributed by atoms with Crippen LogP contribution in [0.15, 0.2) is 72.8 Å². The lowest BCUT2D eigenvalue weighted by atomic mass is 10.0. The van der Waals surface area contributed by atoms with Crippen LogP contribution in [0.3, 0.4) is 0 Å². The number of carbonyl (C=O) groups excluding carboxylic acids is 2. The van der Waals surface area contributed by atoms with Crippen molar-refractivity contribution >= 4 is 39.1 Å². The number of nitrogens with zero attached hydrogens (tertiary/aromatic N) is 2. The highest BCUT2D eigenvalue weighted by Gasteiger charge is 2.31. The molecule has 0 saturated carbocycles. The van der Waals surface area contributed by atoms with Gasteiger partial charge in [0.05, 0.1) is 31.2 Å². The van der Waals surface area contributed by atoms with Crippen molar-refractivity contribution in [3.63, 3.8) is 0 Å². The molecule has 0 spiro atoms. The summed E-state index contributed by atoms with van der Waals surface area (Å²) in [5, 5.41) is 3.24. The van der Waals surface area contributed by atoms with Gasteiger partial charge in [0.2, 0.25) is 21.8 Å². The van der Waals surface area contributed by atoms with E-state index in [9.17, 15) is 18.0 Å². The van der Waals surface area contributed by atoms with E-state index >= 15 is 0 Å². The normalized spacial score (nSPS) is 12.0. The van der Waals surface area contributed by atoms with Crippen LogP contribution in [0, 0.1) is 0 Å². The fraction of sp³-hybridized carbons (Fsp3) is 0.375. The molecule has 0 aliphatic rings. The number of ether oxygens (including phenoxy) is 2. The van der Waals surface area contributed by atoms with Gasteiger partial charge in [0, 0.05) is 32.0 Å². The molecule has 0 aliphatic heterocycles. The van der Waals surface area contributed by atoms with Gasteiger partial charge in [-0.25, -0.2) is 8.42 Å². The highest BCUT2D eigenvalue weighted by atomic mass is 35.5. The first kappa shape index (κ1) is 33.7. The molecule has 1 N–H and O–H groups in total. The summed E-state index contributed by atoms with van der Waals surface area (Å²) in [5.41, 5.74) is 2.08. The summed E-state index contributed by atoms with van der Waals surface area (Å²) in [6.07, 6.45) is 1.65. The van der Waals surface area contributed by atoms with Gasteiger partial charge in [-0.3, -0.25) is 13.9 Å². The van der Waals surface area contributed by atoms with Gasteiger partial charge in [-0.15, -0.1) is 0 Å². The number of halogens is 1. The molecule has 0 heterocycles. The topological polar surface area (TPSA) is 105 Å². The van der Waals surface area contributed by atoms with Crippen LogP contribution >= 0.6 is 11.6 Å². The molecule has 3 aromatic rings. The summed E-state index contributed by atoms with van der Waals surface area (Å²) in [6.45, 7) is 3.96. The average molecular weight is 630 g/mol. The Kier molecular flexibility index (Phi) is 12.3. The number of carbonyl (C=O) groups is 2. The number of nitrogens with one attached hydrogen (secondary N) is 1. The van der Waals surface area contributed by atoms with Crippen LogP contribution < -0.4 is 19.1 Å². The largest absolute Gasteiger partial charge is 0.497 e. The maximum atomic E-state index is 13.9. The Morgan fingerprint density at radius 3 is 2.23 bits per heavy atom. The Bertz CT molecular complexity index is 1480. The molecule has 2 amide bonds. The van der Waals surface area contributed by atoms with Gasteiger partial charge in [-0.1, -0.05) is 54.1 Å². The summed E-state index contributed by atoms with van der Waals surface area (Å²) < 4.78 is 37.2. The maximum Gasteiger partial charge on any atom is 0.243 e. The van der Waals surface area contributed by atoms with Gasteiger partial charge in [0.1, 0.15) is 17.5 Å². The van der Waals surface area contributed by atoms with Crippen LogP contribution in [0.25, 0.3) is 0 Å². The molecule has 11 heteroatoms. The number of methoxy groups -OCH3 is 2. The van der Waals surface area contributed by atoms with Gasteiger partial charge in [0.15, 0.2) is 0 Å². The third-order valence-corrected chi connectivity index (χ3v) is 8.25. The minimum absolute atomic E-state index is 0.0140. The van der Waals surface area contributed by atoms with Crippen LogP contribution in [0.1, 0.15) is 37.8 Å². The number of sulfonamides is 1. The van der Waals surface area contributed by atoms with Crippen molar-refractivity contribution in [2.24, 2.45) is 0 Å². The van der Waals surface area contributed by atoms with Crippen LogP contribution in [0.2, 0.25) is 5.02 Å². The number of hydrogen-bond donors (Lipinski definition) is 1.